The first-order valence-corrected chi connectivity index (χ1v) is 9.26. The third-order valence-electron chi connectivity index (χ3n) is 3.78. The summed E-state index contributed by atoms with van der Waals surface area (Å²) < 4.78 is 11.3. The van der Waals surface area contributed by atoms with Crippen LogP contribution in [0, 0.1) is 0 Å². The SMILES string of the molecule is COc1ccc(Oc2c(Cl)cc(NC(=O)CN(C)C)cc2Cl)cc1C(C)C. The molecule has 1 amide bonds. The maximum Gasteiger partial charge on any atom is 0.238 e. The fourth-order valence-electron chi connectivity index (χ4n) is 2.56. The van der Waals surface area contributed by atoms with E-state index in [-0.39, 0.29) is 18.4 Å². The Morgan fingerprint density at radius 2 is 1.78 bits per heavy atom. The molecule has 0 heterocycles. The van der Waals surface area contributed by atoms with Crippen LogP contribution in [0.1, 0.15) is 25.3 Å². The standard InChI is InChI=1S/C20H24Cl2N2O3/c1-12(2)15-10-14(6-7-18(15)26-5)27-20-16(21)8-13(9-17(20)22)23-19(25)11-24(3)4/h6-10,12H,11H2,1-5H3,(H,23,25). The molecule has 0 aliphatic carbocycles. The number of likely N-dealkylation sites (N-methyl/N-ethyl adjacent to an activating group) is 1. The number of amides is 1. The lowest BCUT2D eigenvalue weighted by Crippen LogP contribution is -2.27. The van der Waals surface area contributed by atoms with Crippen molar-refractivity contribution in [1.29, 1.82) is 0 Å². The molecule has 0 spiro atoms. The summed E-state index contributed by atoms with van der Waals surface area (Å²) in [6.45, 7) is 4.41. The van der Waals surface area contributed by atoms with Gasteiger partial charge in [0.15, 0.2) is 5.75 Å². The van der Waals surface area contributed by atoms with Gasteiger partial charge in [-0.1, -0.05) is 37.0 Å². The van der Waals surface area contributed by atoms with E-state index in [9.17, 15) is 4.79 Å². The first-order valence-electron chi connectivity index (χ1n) is 8.50. The zero-order valence-corrected chi connectivity index (χ0v) is 17.6. The summed E-state index contributed by atoms with van der Waals surface area (Å²) in [4.78, 5) is 13.7. The number of ether oxygens (including phenoxy) is 2. The van der Waals surface area contributed by atoms with Crippen molar-refractivity contribution in [2.75, 3.05) is 33.1 Å². The molecule has 0 atom stereocenters. The predicted molar refractivity (Wildman–Crippen MR) is 111 cm³/mol. The van der Waals surface area contributed by atoms with Crippen LogP contribution in [0.4, 0.5) is 5.69 Å². The van der Waals surface area contributed by atoms with E-state index in [4.69, 9.17) is 32.7 Å². The molecule has 1 N–H and O–H groups in total. The van der Waals surface area contributed by atoms with Crippen molar-refractivity contribution in [3.63, 3.8) is 0 Å². The second-order valence-electron chi connectivity index (χ2n) is 6.72. The molecule has 0 radical (unpaired) electrons. The van der Waals surface area contributed by atoms with Crippen molar-refractivity contribution in [2.24, 2.45) is 0 Å². The minimum absolute atomic E-state index is 0.155. The molecule has 146 valence electrons. The summed E-state index contributed by atoms with van der Waals surface area (Å²) in [7, 11) is 5.27. The highest BCUT2D eigenvalue weighted by atomic mass is 35.5. The van der Waals surface area contributed by atoms with Gasteiger partial charge in [0.25, 0.3) is 0 Å². The van der Waals surface area contributed by atoms with E-state index in [2.05, 4.69) is 19.2 Å². The van der Waals surface area contributed by atoms with Crippen LogP contribution in [0.3, 0.4) is 0 Å². The molecule has 0 saturated heterocycles. The van der Waals surface area contributed by atoms with Crippen molar-refractivity contribution in [2.45, 2.75) is 19.8 Å². The van der Waals surface area contributed by atoms with Crippen LogP contribution in [-0.4, -0.2) is 38.6 Å². The molecule has 0 unspecified atom stereocenters. The number of methoxy groups -OCH3 is 1. The second-order valence-corrected chi connectivity index (χ2v) is 7.53. The number of anilines is 1. The minimum atomic E-state index is -0.155. The summed E-state index contributed by atoms with van der Waals surface area (Å²) in [5, 5.41) is 3.38. The monoisotopic (exact) mass is 410 g/mol. The number of nitrogens with one attached hydrogen (secondary N) is 1. The molecule has 2 aromatic rings. The molecule has 0 saturated carbocycles. The first kappa shape index (κ1) is 21.4. The zero-order valence-electron chi connectivity index (χ0n) is 16.1. The van der Waals surface area contributed by atoms with Crippen LogP contribution in [0.15, 0.2) is 30.3 Å². The molecule has 2 aromatic carbocycles. The van der Waals surface area contributed by atoms with E-state index >= 15 is 0 Å². The van der Waals surface area contributed by atoms with Gasteiger partial charge >= 0.3 is 0 Å². The van der Waals surface area contributed by atoms with Gasteiger partial charge in [-0.2, -0.15) is 0 Å². The summed E-state index contributed by atoms with van der Waals surface area (Å²) in [6, 6.07) is 8.78. The molecular weight excluding hydrogens is 387 g/mol. The highest BCUT2D eigenvalue weighted by Crippen LogP contribution is 2.40. The van der Waals surface area contributed by atoms with Crippen LogP contribution in [0.2, 0.25) is 10.0 Å². The number of hydrogen-bond donors (Lipinski definition) is 1. The Labute approximate surface area is 170 Å². The van der Waals surface area contributed by atoms with Gasteiger partial charge in [0.2, 0.25) is 5.91 Å². The summed E-state index contributed by atoms with van der Waals surface area (Å²) >= 11 is 12.7. The lowest BCUT2D eigenvalue weighted by atomic mass is 10.0. The van der Waals surface area contributed by atoms with Gasteiger partial charge in [-0.25, -0.2) is 0 Å². The van der Waals surface area contributed by atoms with Crippen molar-refractivity contribution in [3.8, 4) is 17.2 Å². The molecule has 5 nitrogen and oxygen atoms in total. The van der Waals surface area contributed by atoms with Gasteiger partial charge in [-0.05, 0) is 50.3 Å². The van der Waals surface area contributed by atoms with Crippen LogP contribution < -0.4 is 14.8 Å². The quantitative estimate of drug-likeness (QED) is 0.661. The molecule has 0 fully saturated rings. The Balaban J connectivity index is 2.25. The van der Waals surface area contributed by atoms with Crippen LogP contribution in [-0.2, 0) is 4.79 Å². The number of rotatable bonds is 7. The predicted octanol–water partition coefficient (Wildman–Crippen LogP) is 5.42. The summed E-state index contributed by atoms with van der Waals surface area (Å²) in [5.74, 6) is 1.85. The largest absolute Gasteiger partial charge is 0.496 e. The minimum Gasteiger partial charge on any atom is -0.496 e. The van der Waals surface area contributed by atoms with Gasteiger partial charge in [0.05, 0.1) is 23.7 Å². The lowest BCUT2D eigenvalue weighted by molar-refractivity contribution is -0.116. The fraction of sp³-hybridized carbons (Fsp3) is 0.350. The van der Waals surface area contributed by atoms with Gasteiger partial charge in [-0.3, -0.25) is 4.79 Å². The van der Waals surface area contributed by atoms with Crippen molar-refractivity contribution < 1.29 is 14.3 Å². The first-order chi connectivity index (χ1) is 12.7. The molecule has 0 aliphatic heterocycles. The Kier molecular flexibility index (Phi) is 7.36. The Hall–Kier alpha value is -1.95. The smallest absolute Gasteiger partial charge is 0.238 e. The molecule has 2 rings (SSSR count). The number of halogens is 2. The van der Waals surface area contributed by atoms with E-state index in [1.54, 1.807) is 30.2 Å². The van der Waals surface area contributed by atoms with E-state index in [1.807, 2.05) is 26.2 Å². The average Bonchev–Trinajstić information content (AvgIpc) is 2.57. The lowest BCUT2D eigenvalue weighted by Gasteiger charge is -2.16. The van der Waals surface area contributed by atoms with Crippen molar-refractivity contribution >= 4 is 34.8 Å². The Morgan fingerprint density at radius 1 is 1.15 bits per heavy atom. The van der Waals surface area contributed by atoms with Crippen LogP contribution >= 0.6 is 23.2 Å². The number of carbonyl (C=O) groups excluding carboxylic acids is 1. The van der Waals surface area contributed by atoms with Crippen molar-refractivity contribution in [3.05, 3.63) is 45.9 Å². The third-order valence-corrected chi connectivity index (χ3v) is 4.35. The molecule has 27 heavy (non-hydrogen) atoms. The maximum absolute atomic E-state index is 11.9. The van der Waals surface area contributed by atoms with Gasteiger partial charge < -0.3 is 19.7 Å². The van der Waals surface area contributed by atoms with E-state index < -0.39 is 0 Å². The Morgan fingerprint density at radius 3 is 2.30 bits per heavy atom. The molecule has 0 bridgehead atoms. The normalized spacial score (nSPS) is 11.0. The number of hydrogen-bond acceptors (Lipinski definition) is 4. The van der Waals surface area contributed by atoms with E-state index in [0.717, 1.165) is 11.3 Å². The van der Waals surface area contributed by atoms with E-state index in [0.29, 0.717) is 27.2 Å². The highest BCUT2D eigenvalue weighted by molar-refractivity contribution is 6.37. The van der Waals surface area contributed by atoms with Crippen molar-refractivity contribution in [1.82, 2.24) is 4.90 Å². The highest BCUT2D eigenvalue weighted by Gasteiger charge is 2.15. The summed E-state index contributed by atoms with van der Waals surface area (Å²) in [6.07, 6.45) is 0. The van der Waals surface area contributed by atoms with Crippen LogP contribution in [0.25, 0.3) is 0 Å². The van der Waals surface area contributed by atoms with Gasteiger partial charge in [0, 0.05) is 11.3 Å². The molecule has 0 aromatic heterocycles. The number of carbonyl (C=O) groups is 1. The molecule has 0 aliphatic rings. The van der Waals surface area contributed by atoms with E-state index in [1.165, 1.54) is 0 Å². The number of benzene rings is 2. The maximum atomic E-state index is 11.9. The topological polar surface area (TPSA) is 50.8 Å². The number of nitrogens with zero attached hydrogens (tertiary/aromatic N) is 1. The molecular formula is C20H24Cl2N2O3. The van der Waals surface area contributed by atoms with Gasteiger partial charge in [0.1, 0.15) is 11.5 Å². The fourth-order valence-corrected chi connectivity index (χ4v) is 3.13. The second kappa shape index (κ2) is 9.31. The zero-order chi connectivity index (χ0) is 20.1. The average molecular weight is 411 g/mol. The Bertz CT molecular complexity index is 800. The summed E-state index contributed by atoms with van der Waals surface area (Å²) in [5.41, 5.74) is 1.54. The van der Waals surface area contributed by atoms with Gasteiger partial charge in [-0.15, -0.1) is 0 Å². The molecule has 7 heteroatoms. The third kappa shape index (κ3) is 5.76. The van der Waals surface area contributed by atoms with Crippen LogP contribution in [0.5, 0.6) is 17.2 Å².